The van der Waals surface area contributed by atoms with Gasteiger partial charge in [-0.1, -0.05) is 124 Å². The first-order chi connectivity index (χ1) is 20.4. The molecule has 0 aliphatic heterocycles. The first-order valence-corrected chi connectivity index (χ1v) is 16.4. The average molecular weight is 601 g/mol. The van der Waals surface area contributed by atoms with Gasteiger partial charge in [-0.3, -0.25) is 4.55 Å². The molecular weight excluding hydrogens is 556 g/mol. The molecule has 0 saturated heterocycles. The van der Waals surface area contributed by atoms with Gasteiger partial charge in [0.2, 0.25) is 0 Å². The van der Waals surface area contributed by atoms with E-state index in [1.54, 1.807) is 0 Å². The number of benzene rings is 4. The van der Waals surface area contributed by atoms with Crippen LogP contribution in [0, 0.1) is 0 Å². The minimum atomic E-state index is -4.36. The largest absolute Gasteiger partial charge is 0.490 e. The van der Waals surface area contributed by atoms with Crippen LogP contribution in [0.4, 0.5) is 0 Å². The Morgan fingerprint density at radius 2 is 1.05 bits per heavy atom. The van der Waals surface area contributed by atoms with Gasteiger partial charge in [-0.2, -0.15) is 8.42 Å². The monoisotopic (exact) mass is 600 g/mol. The van der Waals surface area contributed by atoms with Crippen molar-refractivity contribution in [1.82, 2.24) is 0 Å². The Hall–Kier alpha value is -3.45. The lowest BCUT2D eigenvalue weighted by atomic mass is 9.81. The molecule has 4 aromatic rings. The maximum Gasteiger partial charge on any atom is 0.294 e. The van der Waals surface area contributed by atoms with Crippen molar-refractivity contribution in [3.63, 3.8) is 0 Å². The van der Waals surface area contributed by atoms with E-state index in [9.17, 15) is 13.0 Å². The molecule has 0 fully saturated rings. The molecule has 0 amide bonds. The van der Waals surface area contributed by atoms with Crippen molar-refractivity contribution in [3.05, 3.63) is 137 Å². The maximum atomic E-state index is 11.7. The molecule has 6 heteroatoms. The molecule has 0 aliphatic carbocycles. The standard InChI is InChI=1S/C37H44O5S/c1-26(22-23-41-37(5,6)43(38,39)40)42-36-34(28(3)31-18-12-8-13-19-31)24-33(27(2)30-16-10-7-11-17-30)25-35(36)29(4)32-20-14-9-15-21-32/h7-21,24-29H,22-23H2,1-6H3,(H,38,39,40). The highest BCUT2D eigenvalue weighted by atomic mass is 32.2. The van der Waals surface area contributed by atoms with Gasteiger partial charge in [-0.25, -0.2) is 0 Å². The van der Waals surface area contributed by atoms with E-state index in [4.69, 9.17) is 9.47 Å². The molecule has 4 aromatic carbocycles. The molecule has 0 radical (unpaired) electrons. The molecule has 228 valence electrons. The first kappa shape index (κ1) is 32.5. The predicted octanol–water partition coefficient (Wildman–Crippen LogP) is 8.94. The molecular formula is C37H44O5S. The normalized spacial score (nSPS) is 15.0. The van der Waals surface area contributed by atoms with E-state index >= 15 is 0 Å². The van der Waals surface area contributed by atoms with Gasteiger partial charge < -0.3 is 9.47 Å². The fourth-order valence-electron chi connectivity index (χ4n) is 5.31. The highest BCUT2D eigenvalue weighted by Gasteiger charge is 2.33. The Morgan fingerprint density at radius 1 is 0.651 bits per heavy atom. The summed E-state index contributed by atoms with van der Waals surface area (Å²) in [5, 5.41) is 0. The van der Waals surface area contributed by atoms with E-state index in [1.807, 2.05) is 25.1 Å². The predicted molar refractivity (Wildman–Crippen MR) is 175 cm³/mol. The third kappa shape index (κ3) is 7.94. The Morgan fingerprint density at radius 3 is 1.44 bits per heavy atom. The van der Waals surface area contributed by atoms with E-state index in [0.29, 0.717) is 6.42 Å². The molecule has 0 aliphatic rings. The average Bonchev–Trinajstić information content (AvgIpc) is 3.00. The quantitative estimate of drug-likeness (QED) is 0.155. The summed E-state index contributed by atoms with van der Waals surface area (Å²) in [5.74, 6) is 1.14. The van der Waals surface area contributed by atoms with Crippen molar-refractivity contribution in [2.75, 3.05) is 6.61 Å². The maximum absolute atomic E-state index is 11.7. The Kier molecular flexibility index (Phi) is 10.5. The van der Waals surface area contributed by atoms with Crippen LogP contribution in [0.2, 0.25) is 0 Å². The molecule has 43 heavy (non-hydrogen) atoms. The smallest absolute Gasteiger partial charge is 0.294 e. The van der Waals surface area contributed by atoms with E-state index < -0.39 is 15.1 Å². The molecule has 0 aromatic heterocycles. The van der Waals surface area contributed by atoms with Crippen molar-refractivity contribution in [2.24, 2.45) is 0 Å². The molecule has 4 unspecified atom stereocenters. The summed E-state index contributed by atoms with van der Waals surface area (Å²) < 4.78 is 45.3. The van der Waals surface area contributed by atoms with Crippen molar-refractivity contribution in [2.45, 2.75) is 76.8 Å². The summed E-state index contributed by atoms with van der Waals surface area (Å²) in [5.41, 5.74) is 7.08. The third-order valence-corrected chi connectivity index (χ3v) is 9.78. The molecule has 4 rings (SSSR count). The van der Waals surface area contributed by atoms with E-state index in [0.717, 1.165) is 16.9 Å². The van der Waals surface area contributed by atoms with Gasteiger partial charge in [0.15, 0.2) is 4.93 Å². The highest BCUT2D eigenvalue weighted by molar-refractivity contribution is 7.87. The van der Waals surface area contributed by atoms with Crippen LogP contribution < -0.4 is 4.74 Å². The van der Waals surface area contributed by atoms with Crippen molar-refractivity contribution in [1.29, 1.82) is 0 Å². The minimum Gasteiger partial charge on any atom is -0.490 e. The zero-order valence-electron chi connectivity index (χ0n) is 26.0. The van der Waals surface area contributed by atoms with Crippen molar-refractivity contribution >= 4 is 10.1 Å². The summed E-state index contributed by atoms with van der Waals surface area (Å²) in [6, 6.07) is 36.0. The van der Waals surface area contributed by atoms with Crippen molar-refractivity contribution < 1.29 is 22.4 Å². The van der Waals surface area contributed by atoms with Gasteiger partial charge in [-0.05, 0) is 43.0 Å². The lowest BCUT2D eigenvalue weighted by Crippen LogP contribution is -2.35. The van der Waals surface area contributed by atoms with Crippen LogP contribution in [0.15, 0.2) is 103 Å². The molecule has 0 bridgehead atoms. The van der Waals surface area contributed by atoms with E-state index in [1.165, 1.54) is 36.1 Å². The first-order valence-electron chi connectivity index (χ1n) is 15.0. The summed E-state index contributed by atoms with van der Waals surface area (Å²) in [6.45, 7) is 11.5. The lowest BCUT2D eigenvalue weighted by Gasteiger charge is -2.29. The minimum absolute atomic E-state index is 0.0581. The number of hydrogen-bond acceptors (Lipinski definition) is 4. The zero-order valence-corrected chi connectivity index (χ0v) is 26.8. The Balaban J connectivity index is 1.80. The number of rotatable bonds is 13. The fourth-order valence-corrected chi connectivity index (χ4v) is 5.54. The van der Waals surface area contributed by atoms with Gasteiger partial charge in [0.05, 0.1) is 12.7 Å². The second-order valence-corrected chi connectivity index (χ2v) is 13.8. The van der Waals surface area contributed by atoms with Gasteiger partial charge in [0, 0.05) is 35.3 Å². The van der Waals surface area contributed by atoms with Crippen LogP contribution in [0.5, 0.6) is 5.75 Å². The summed E-state index contributed by atoms with van der Waals surface area (Å²) in [7, 11) is -4.36. The van der Waals surface area contributed by atoms with Gasteiger partial charge in [-0.15, -0.1) is 0 Å². The topological polar surface area (TPSA) is 72.8 Å². The Labute approximate surface area is 257 Å². The van der Waals surface area contributed by atoms with Crippen LogP contribution >= 0.6 is 0 Å². The molecule has 5 nitrogen and oxygen atoms in total. The van der Waals surface area contributed by atoms with Gasteiger partial charge in [0.25, 0.3) is 10.1 Å². The lowest BCUT2D eigenvalue weighted by molar-refractivity contribution is 0.0220. The summed E-state index contributed by atoms with van der Waals surface area (Å²) >= 11 is 0. The Bertz CT molecular complexity index is 1500. The zero-order chi connectivity index (χ0) is 31.2. The van der Waals surface area contributed by atoms with E-state index in [-0.39, 0.29) is 30.5 Å². The van der Waals surface area contributed by atoms with Crippen LogP contribution in [0.25, 0.3) is 0 Å². The second-order valence-electron chi connectivity index (χ2n) is 11.9. The molecule has 0 heterocycles. The molecule has 4 atom stereocenters. The van der Waals surface area contributed by atoms with Crippen LogP contribution in [0.1, 0.15) is 99.1 Å². The third-order valence-electron chi connectivity index (χ3n) is 8.41. The fraction of sp³-hybridized carbons (Fsp3) is 0.351. The second kappa shape index (κ2) is 13.9. The van der Waals surface area contributed by atoms with Gasteiger partial charge >= 0.3 is 0 Å². The molecule has 0 spiro atoms. The van der Waals surface area contributed by atoms with Crippen molar-refractivity contribution in [3.8, 4) is 5.75 Å². The molecule has 1 N–H and O–H groups in total. The highest BCUT2D eigenvalue weighted by Crippen LogP contribution is 2.43. The SMILES string of the molecule is CC(CCOC(C)(C)S(=O)(=O)O)Oc1c(C(C)c2ccccc2)cc(C(C)c2ccccc2)cc1C(C)c1ccccc1. The number of hydrogen-bond donors (Lipinski definition) is 1. The van der Waals surface area contributed by atoms with Gasteiger partial charge in [0.1, 0.15) is 5.75 Å². The summed E-state index contributed by atoms with van der Waals surface area (Å²) in [6.07, 6.45) is 0.164. The van der Waals surface area contributed by atoms with E-state index in [2.05, 4.69) is 106 Å². The number of ether oxygens (including phenoxy) is 2. The van der Waals surface area contributed by atoms with Crippen LogP contribution in [-0.2, 0) is 14.9 Å². The molecule has 0 saturated carbocycles. The summed E-state index contributed by atoms with van der Waals surface area (Å²) in [4.78, 5) is -1.69. The van der Waals surface area contributed by atoms with Crippen LogP contribution in [-0.4, -0.2) is 30.6 Å². The van der Waals surface area contributed by atoms with Crippen LogP contribution in [0.3, 0.4) is 0 Å².